The smallest absolute Gasteiger partial charge is 0.342 e. The average molecular weight is 352 g/mol. The van der Waals surface area contributed by atoms with Gasteiger partial charge in [-0.3, -0.25) is 19.7 Å². The second-order valence-corrected chi connectivity index (χ2v) is 5.80. The molecule has 136 valence electrons. The normalized spacial score (nSPS) is 18.4. The van der Waals surface area contributed by atoms with Gasteiger partial charge in [0.2, 0.25) is 5.88 Å². The van der Waals surface area contributed by atoms with Gasteiger partial charge in [-0.1, -0.05) is 6.92 Å². The Morgan fingerprint density at radius 3 is 2.40 bits per heavy atom. The molecule has 1 aromatic rings. The number of carbonyl (C=O) groups is 4. The fourth-order valence-electron chi connectivity index (χ4n) is 2.37. The van der Waals surface area contributed by atoms with Gasteiger partial charge < -0.3 is 19.6 Å². The summed E-state index contributed by atoms with van der Waals surface area (Å²) in [4.78, 5) is 47.1. The van der Waals surface area contributed by atoms with Crippen molar-refractivity contribution in [2.45, 2.75) is 27.2 Å². The second-order valence-electron chi connectivity index (χ2n) is 5.80. The lowest BCUT2D eigenvalue weighted by atomic mass is 10.1. The van der Waals surface area contributed by atoms with Gasteiger partial charge in [0.15, 0.2) is 6.61 Å². The number of ether oxygens (including phenoxy) is 2. The summed E-state index contributed by atoms with van der Waals surface area (Å²) in [5, 5.41) is 2.28. The van der Waals surface area contributed by atoms with Gasteiger partial charge in [-0.25, -0.2) is 4.79 Å². The zero-order valence-corrected chi connectivity index (χ0v) is 14.2. The zero-order valence-electron chi connectivity index (χ0n) is 14.2. The number of nitrogens with two attached hydrogens (primary N) is 1. The van der Waals surface area contributed by atoms with Gasteiger partial charge in [0.1, 0.15) is 16.9 Å². The SMILES string of the molecule is CCOC(=O)c1c(C)oc(NC(=O)COC(=O)[C@H]2C[C@@H]2C)c1C(N)=O. The predicted octanol–water partition coefficient (Wildman–Crippen LogP) is 1.00. The van der Waals surface area contributed by atoms with Crippen LogP contribution in [0.1, 0.15) is 46.7 Å². The zero-order chi connectivity index (χ0) is 18.7. The minimum absolute atomic E-state index is 0.0753. The summed E-state index contributed by atoms with van der Waals surface area (Å²) in [6.07, 6.45) is 0.743. The maximum absolute atomic E-state index is 11.9. The van der Waals surface area contributed by atoms with Crippen LogP contribution in [0.5, 0.6) is 0 Å². The number of hydrogen-bond acceptors (Lipinski definition) is 7. The standard InChI is InChI=1S/C16H20N2O7/c1-4-23-16(22)11-8(3)25-14(12(11)13(17)20)18-10(19)6-24-15(21)9-5-7(9)2/h7,9H,4-6H2,1-3H3,(H2,17,20)(H,18,19)/t7-,9-/m0/s1. The molecule has 3 N–H and O–H groups in total. The fraction of sp³-hybridized carbons (Fsp3) is 0.500. The molecule has 2 amide bonds. The lowest BCUT2D eigenvalue weighted by Gasteiger charge is -2.06. The molecule has 1 heterocycles. The van der Waals surface area contributed by atoms with E-state index in [1.807, 2.05) is 6.92 Å². The van der Waals surface area contributed by atoms with Crippen molar-refractivity contribution in [2.24, 2.45) is 17.6 Å². The molecule has 1 aromatic heterocycles. The first-order valence-electron chi connectivity index (χ1n) is 7.83. The third-order valence-corrected chi connectivity index (χ3v) is 3.82. The molecule has 0 unspecified atom stereocenters. The number of anilines is 1. The van der Waals surface area contributed by atoms with Crippen molar-refractivity contribution < 1.29 is 33.1 Å². The Labute approximate surface area is 143 Å². The van der Waals surface area contributed by atoms with Crippen molar-refractivity contribution in [3.05, 3.63) is 16.9 Å². The highest BCUT2D eigenvalue weighted by Gasteiger charge is 2.40. The molecule has 1 aliphatic rings. The number of aryl methyl sites for hydroxylation is 1. The molecule has 0 spiro atoms. The summed E-state index contributed by atoms with van der Waals surface area (Å²) in [6, 6.07) is 0. The van der Waals surface area contributed by atoms with E-state index in [1.165, 1.54) is 6.92 Å². The van der Waals surface area contributed by atoms with Crippen LogP contribution in [0.4, 0.5) is 5.88 Å². The molecular weight excluding hydrogens is 332 g/mol. The number of nitrogens with one attached hydrogen (secondary N) is 1. The Balaban J connectivity index is 2.09. The molecule has 0 bridgehead atoms. The molecule has 25 heavy (non-hydrogen) atoms. The molecular formula is C16H20N2O7. The number of hydrogen-bond donors (Lipinski definition) is 2. The molecule has 1 fully saturated rings. The Morgan fingerprint density at radius 1 is 1.24 bits per heavy atom. The Morgan fingerprint density at radius 2 is 1.88 bits per heavy atom. The Kier molecular flexibility index (Phi) is 5.45. The first-order chi connectivity index (χ1) is 11.8. The summed E-state index contributed by atoms with van der Waals surface area (Å²) in [7, 11) is 0. The van der Waals surface area contributed by atoms with Crippen molar-refractivity contribution in [1.82, 2.24) is 0 Å². The van der Waals surface area contributed by atoms with Crippen molar-refractivity contribution in [3.63, 3.8) is 0 Å². The second kappa shape index (κ2) is 7.37. The maximum atomic E-state index is 11.9. The predicted molar refractivity (Wildman–Crippen MR) is 84.8 cm³/mol. The van der Waals surface area contributed by atoms with Crippen molar-refractivity contribution in [2.75, 3.05) is 18.5 Å². The number of esters is 2. The van der Waals surface area contributed by atoms with Crippen molar-refractivity contribution in [3.8, 4) is 0 Å². The van der Waals surface area contributed by atoms with Crippen LogP contribution in [0.2, 0.25) is 0 Å². The van der Waals surface area contributed by atoms with Crippen LogP contribution in [0, 0.1) is 18.8 Å². The van der Waals surface area contributed by atoms with Gasteiger partial charge in [-0.05, 0) is 26.2 Å². The number of rotatable bonds is 7. The summed E-state index contributed by atoms with van der Waals surface area (Å²) in [6.45, 7) is 4.51. The van der Waals surface area contributed by atoms with Gasteiger partial charge in [-0.2, -0.15) is 0 Å². The van der Waals surface area contributed by atoms with Crippen LogP contribution in [0.15, 0.2) is 4.42 Å². The highest BCUT2D eigenvalue weighted by molar-refractivity contribution is 6.10. The first-order valence-corrected chi connectivity index (χ1v) is 7.83. The van der Waals surface area contributed by atoms with Gasteiger partial charge in [0, 0.05) is 0 Å². The third kappa shape index (κ3) is 4.17. The monoisotopic (exact) mass is 352 g/mol. The van der Waals surface area contributed by atoms with Gasteiger partial charge in [0.05, 0.1) is 12.5 Å². The minimum Gasteiger partial charge on any atom is -0.462 e. The van der Waals surface area contributed by atoms with E-state index in [-0.39, 0.29) is 41.2 Å². The van der Waals surface area contributed by atoms with Gasteiger partial charge >= 0.3 is 11.9 Å². The molecule has 2 atom stereocenters. The first kappa shape index (κ1) is 18.5. The molecule has 2 rings (SSSR count). The maximum Gasteiger partial charge on any atom is 0.342 e. The van der Waals surface area contributed by atoms with E-state index in [9.17, 15) is 19.2 Å². The summed E-state index contributed by atoms with van der Waals surface area (Å²) < 4.78 is 15.0. The van der Waals surface area contributed by atoms with E-state index in [1.54, 1.807) is 6.92 Å². The van der Waals surface area contributed by atoms with E-state index in [0.29, 0.717) is 0 Å². The largest absolute Gasteiger partial charge is 0.462 e. The lowest BCUT2D eigenvalue weighted by molar-refractivity contribution is -0.148. The topological polar surface area (TPSA) is 138 Å². The van der Waals surface area contributed by atoms with E-state index in [0.717, 1.165) is 6.42 Å². The third-order valence-electron chi connectivity index (χ3n) is 3.82. The molecule has 0 radical (unpaired) electrons. The summed E-state index contributed by atoms with van der Waals surface area (Å²) >= 11 is 0. The highest BCUT2D eigenvalue weighted by atomic mass is 16.5. The van der Waals surface area contributed by atoms with E-state index in [4.69, 9.17) is 19.6 Å². The number of furan rings is 1. The molecule has 9 heteroatoms. The summed E-state index contributed by atoms with van der Waals surface area (Å²) in [5.74, 6) is -3.02. The molecule has 9 nitrogen and oxygen atoms in total. The van der Waals surface area contributed by atoms with Gasteiger partial charge in [-0.15, -0.1) is 0 Å². The lowest BCUT2D eigenvalue weighted by Crippen LogP contribution is -2.24. The van der Waals surface area contributed by atoms with E-state index in [2.05, 4.69) is 5.32 Å². The molecule has 0 aromatic carbocycles. The number of carbonyl (C=O) groups excluding carboxylic acids is 4. The fourth-order valence-corrected chi connectivity index (χ4v) is 2.37. The van der Waals surface area contributed by atoms with Crippen LogP contribution >= 0.6 is 0 Å². The van der Waals surface area contributed by atoms with Crippen LogP contribution in [0.3, 0.4) is 0 Å². The minimum atomic E-state index is -0.959. The van der Waals surface area contributed by atoms with Crippen LogP contribution in [-0.2, 0) is 19.1 Å². The Hall–Kier alpha value is -2.84. The van der Waals surface area contributed by atoms with Gasteiger partial charge in [0.25, 0.3) is 11.8 Å². The number of amides is 2. The van der Waals surface area contributed by atoms with E-state index < -0.39 is 30.4 Å². The van der Waals surface area contributed by atoms with Crippen molar-refractivity contribution >= 4 is 29.6 Å². The molecule has 1 saturated carbocycles. The van der Waals surface area contributed by atoms with Crippen LogP contribution in [0.25, 0.3) is 0 Å². The molecule has 0 aliphatic heterocycles. The Bertz CT molecular complexity index is 722. The average Bonchev–Trinajstić information content (AvgIpc) is 3.16. The number of primary amides is 1. The summed E-state index contributed by atoms with van der Waals surface area (Å²) in [5.41, 5.74) is 4.85. The quantitative estimate of drug-likeness (QED) is 0.698. The van der Waals surface area contributed by atoms with Crippen molar-refractivity contribution in [1.29, 1.82) is 0 Å². The molecule has 0 saturated heterocycles. The van der Waals surface area contributed by atoms with Crippen LogP contribution in [-0.4, -0.2) is 37.0 Å². The molecule has 1 aliphatic carbocycles. The van der Waals surface area contributed by atoms with E-state index >= 15 is 0 Å². The highest BCUT2D eigenvalue weighted by Crippen LogP contribution is 2.38. The van der Waals surface area contributed by atoms with Crippen LogP contribution < -0.4 is 11.1 Å².